The van der Waals surface area contributed by atoms with Crippen molar-refractivity contribution in [3.8, 4) is 0 Å². The van der Waals surface area contributed by atoms with E-state index < -0.39 is 0 Å². The topological polar surface area (TPSA) is 9.03 Å². The normalized spacial score (nSPS) is 30.0. The zero-order chi connectivity index (χ0) is 21.5. The molecule has 2 aromatic heterocycles. The van der Waals surface area contributed by atoms with Crippen LogP contribution in [0.15, 0.2) is 42.5 Å². The van der Waals surface area contributed by atoms with Gasteiger partial charge >= 0.3 is 0 Å². The molecular weight excluding hydrogens is 388 g/mol. The number of pyridine rings is 1. The first-order valence-electron chi connectivity index (χ1n) is 13.0. The molecule has 4 aliphatic rings. The van der Waals surface area contributed by atoms with E-state index in [1.54, 1.807) is 22.3 Å². The quantitative estimate of drug-likeness (QED) is 0.242. The Hall–Kier alpha value is -2.35. The third kappa shape index (κ3) is 1.58. The standard InChI is InChI=1S/C30H33N2/c1-4-30-28(3,29(30)17-18-29)23-15-10-14-22-21-13-8-9-16-24(21)31-26(20-11-6-5-7-12-20)19(2)32(30)27(31)25(22)23/h8-10,13-16,20H,4-7,11-12,17-18H2,1-3H3/q+1/t28?,30-/m1/s1. The van der Waals surface area contributed by atoms with Gasteiger partial charge in [0.1, 0.15) is 16.7 Å². The molecule has 2 aromatic carbocycles. The predicted molar refractivity (Wildman–Crippen MR) is 130 cm³/mol. The van der Waals surface area contributed by atoms with E-state index >= 15 is 0 Å². The summed E-state index contributed by atoms with van der Waals surface area (Å²) < 4.78 is 5.66. The van der Waals surface area contributed by atoms with E-state index in [2.05, 4.69) is 72.2 Å². The highest BCUT2D eigenvalue weighted by Gasteiger charge is 2.94. The smallest absolute Gasteiger partial charge is 0.220 e. The van der Waals surface area contributed by atoms with Gasteiger partial charge in [-0.3, -0.25) is 0 Å². The largest absolute Gasteiger partial charge is 0.295 e. The summed E-state index contributed by atoms with van der Waals surface area (Å²) >= 11 is 0. The SMILES string of the molecule is CC[C@@]12n3c(C)c(C4CCCCC4)[n+]4c5ccccc5c5cccc(c5c34)C1(C)C21CC1. The van der Waals surface area contributed by atoms with E-state index in [1.807, 2.05) is 0 Å². The lowest BCUT2D eigenvalue weighted by Crippen LogP contribution is -2.34. The number of para-hydroxylation sites is 1. The van der Waals surface area contributed by atoms with Crippen LogP contribution in [0.4, 0.5) is 0 Å². The molecule has 0 N–H and O–H groups in total. The Balaban J connectivity index is 1.66. The average Bonchev–Trinajstić information content (AvgIpc) is 3.69. The van der Waals surface area contributed by atoms with Crippen molar-refractivity contribution in [3.63, 3.8) is 0 Å². The third-order valence-electron chi connectivity index (χ3n) is 10.8. The van der Waals surface area contributed by atoms with Gasteiger partial charge in [0.15, 0.2) is 5.69 Å². The minimum Gasteiger partial charge on any atom is -0.220 e. The van der Waals surface area contributed by atoms with Gasteiger partial charge in [-0.05, 0) is 43.7 Å². The van der Waals surface area contributed by atoms with Crippen LogP contribution in [0.2, 0.25) is 0 Å². The summed E-state index contributed by atoms with van der Waals surface area (Å²) in [6.45, 7) is 7.55. The molecule has 3 fully saturated rings. The lowest BCUT2D eigenvalue weighted by Gasteiger charge is -2.26. The number of hydrogen-bond acceptors (Lipinski definition) is 0. The molecule has 0 radical (unpaired) electrons. The molecule has 32 heavy (non-hydrogen) atoms. The average molecular weight is 422 g/mol. The van der Waals surface area contributed by atoms with E-state index in [-0.39, 0.29) is 11.0 Å². The highest BCUT2D eigenvalue weighted by Crippen LogP contribution is 2.90. The third-order valence-corrected chi connectivity index (χ3v) is 10.8. The second-order valence-corrected chi connectivity index (χ2v) is 11.5. The fraction of sp³-hybridized carbons (Fsp3) is 0.500. The van der Waals surface area contributed by atoms with Crippen LogP contribution in [-0.2, 0) is 11.0 Å². The number of rotatable bonds is 2. The van der Waals surface area contributed by atoms with Crippen LogP contribution in [0.3, 0.4) is 0 Å². The van der Waals surface area contributed by atoms with Crippen LogP contribution in [0.25, 0.3) is 27.3 Å². The van der Waals surface area contributed by atoms with Crippen LogP contribution >= 0.6 is 0 Å². The Morgan fingerprint density at radius 2 is 1.72 bits per heavy atom. The van der Waals surface area contributed by atoms with Crippen molar-refractivity contribution >= 4 is 27.3 Å². The number of nitrogens with zero attached hydrogens (tertiary/aromatic N) is 2. The van der Waals surface area contributed by atoms with Crippen LogP contribution in [-0.4, -0.2) is 4.57 Å². The zero-order valence-corrected chi connectivity index (χ0v) is 19.7. The second-order valence-electron chi connectivity index (χ2n) is 11.5. The van der Waals surface area contributed by atoms with Crippen molar-refractivity contribution in [2.24, 2.45) is 5.41 Å². The molecule has 8 rings (SSSR count). The lowest BCUT2D eigenvalue weighted by atomic mass is 9.84. The maximum Gasteiger partial charge on any atom is 0.295 e. The van der Waals surface area contributed by atoms with Crippen LogP contribution < -0.4 is 4.40 Å². The van der Waals surface area contributed by atoms with Gasteiger partial charge in [0, 0.05) is 34.4 Å². The lowest BCUT2D eigenvalue weighted by molar-refractivity contribution is -0.492. The molecule has 0 amide bonds. The molecule has 1 aliphatic heterocycles. The summed E-state index contributed by atoms with van der Waals surface area (Å²) in [5, 5.41) is 4.43. The van der Waals surface area contributed by atoms with E-state index in [4.69, 9.17) is 0 Å². The van der Waals surface area contributed by atoms with Crippen molar-refractivity contribution in [2.75, 3.05) is 0 Å². The van der Waals surface area contributed by atoms with Gasteiger partial charge in [0.25, 0.3) is 5.65 Å². The summed E-state index contributed by atoms with van der Waals surface area (Å²) in [6.07, 6.45) is 10.9. The Morgan fingerprint density at radius 1 is 0.969 bits per heavy atom. The van der Waals surface area contributed by atoms with Gasteiger partial charge in [0.05, 0.1) is 5.39 Å². The van der Waals surface area contributed by atoms with Crippen LogP contribution in [0.5, 0.6) is 0 Å². The van der Waals surface area contributed by atoms with E-state index in [0.29, 0.717) is 11.3 Å². The molecule has 3 aliphatic carbocycles. The molecule has 2 atom stereocenters. The summed E-state index contributed by atoms with van der Waals surface area (Å²) in [5.74, 6) is 0.692. The van der Waals surface area contributed by atoms with Crippen molar-refractivity contribution in [2.45, 2.75) is 89.0 Å². The van der Waals surface area contributed by atoms with E-state index in [1.165, 1.54) is 73.3 Å². The first kappa shape index (κ1) is 18.1. The fourth-order valence-electron chi connectivity index (χ4n) is 9.52. The minimum atomic E-state index is 0.256. The first-order valence-corrected chi connectivity index (χ1v) is 13.0. The Morgan fingerprint density at radius 3 is 2.47 bits per heavy atom. The van der Waals surface area contributed by atoms with Crippen molar-refractivity contribution in [1.29, 1.82) is 0 Å². The van der Waals surface area contributed by atoms with Crippen molar-refractivity contribution < 1.29 is 4.40 Å². The maximum atomic E-state index is 2.91. The van der Waals surface area contributed by atoms with Gasteiger partial charge in [-0.2, -0.15) is 4.40 Å². The predicted octanol–water partition coefficient (Wildman–Crippen LogP) is 7.06. The number of imidazole rings is 1. The van der Waals surface area contributed by atoms with Gasteiger partial charge in [0.2, 0.25) is 0 Å². The number of hydrogen-bond donors (Lipinski definition) is 0. The molecule has 0 saturated heterocycles. The fourth-order valence-corrected chi connectivity index (χ4v) is 9.52. The minimum absolute atomic E-state index is 0.256. The monoisotopic (exact) mass is 421 g/mol. The van der Waals surface area contributed by atoms with E-state index in [0.717, 1.165) is 0 Å². The highest BCUT2D eigenvalue weighted by atomic mass is 15.3. The van der Waals surface area contributed by atoms with Crippen molar-refractivity contribution in [1.82, 2.24) is 4.57 Å². The molecule has 3 heterocycles. The molecule has 162 valence electrons. The molecular formula is C30H33N2+. The van der Waals surface area contributed by atoms with Gasteiger partial charge in [-0.15, -0.1) is 0 Å². The Labute approximate surface area is 190 Å². The number of fused-ring (bicyclic) bond motifs is 8. The molecule has 2 heteroatoms. The molecule has 3 saturated carbocycles. The zero-order valence-electron chi connectivity index (χ0n) is 19.7. The maximum absolute atomic E-state index is 2.91. The molecule has 1 unspecified atom stereocenters. The molecule has 2 nitrogen and oxygen atoms in total. The van der Waals surface area contributed by atoms with Crippen LogP contribution in [0, 0.1) is 12.3 Å². The van der Waals surface area contributed by atoms with Gasteiger partial charge in [-0.25, -0.2) is 4.57 Å². The summed E-state index contributed by atoms with van der Waals surface area (Å²) in [4.78, 5) is 0. The van der Waals surface area contributed by atoms with Gasteiger partial charge in [-0.1, -0.05) is 69.5 Å². The molecule has 4 aromatic rings. The Bertz CT molecular complexity index is 1480. The summed E-state index contributed by atoms with van der Waals surface area (Å²) in [5.41, 5.74) is 8.75. The number of benzene rings is 2. The van der Waals surface area contributed by atoms with E-state index in [9.17, 15) is 0 Å². The van der Waals surface area contributed by atoms with Gasteiger partial charge < -0.3 is 0 Å². The summed E-state index contributed by atoms with van der Waals surface area (Å²) in [6, 6.07) is 16.4. The van der Waals surface area contributed by atoms with Crippen LogP contribution in [0.1, 0.15) is 88.1 Å². The summed E-state index contributed by atoms with van der Waals surface area (Å²) in [7, 11) is 0. The second kappa shape index (κ2) is 5.41. The molecule has 0 bridgehead atoms. The first-order chi connectivity index (χ1) is 15.6. The number of aromatic nitrogens is 2. The Kier molecular flexibility index (Phi) is 3.06. The van der Waals surface area contributed by atoms with Crippen molar-refractivity contribution in [3.05, 3.63) is 59.4 Å². The highest BCUT2D eigenvalue weighted by molar-refractivity contribution is 6.12. The molecule has 1 spiro atoms.